The Morgan fingerprint density at radius 2 is 1.60 bits per heavy atom. The Kier molecular flexibility index (Phi) is 20.9. The molecule has 50 heavy (non-hydrogen) atoms. The minimum Gasteiger partial charge on any atom is -0.508 e. The van der Waals surface area contributed by atoms with Crippen molar-refractivity contribution in [2.24, 2.45) is 0 Å². The van der Waals surface area contributed by atoms with E-state index in [1.807, 2.05) is 37.3 Å². The number of aliphatic hydroxyl groups is 4. The fraction of sp³-hybridized carbons (Fsp3) is 0.585. The van der Waals surface area contributed by atoms with Gasteiger partial charge >= 0.3 is 5.97 Å². The van der Waals surface area contributed by atoms with Crippen molar-refractivity contribution >= 4 is 5.97 Å². The molecule has 0 aliphatic rings. The summed E-state index contributed by atoms with van der Waals surface area (Å²) in [5, 5.41) is 69.3. The van der Waals surface area contributed by atoms with E-state index in [2.05, 4.69) is 29.7 Å². The standard InChI is InChI=1S/C41H64N2O7/c1-4-6-8-15-35(45)25-21-33(20-17-31-12-9-7-10-13-31)38(27-37(47)29-44)39(16-11-14-34(42-5-2)22-26-40(48)49)43-30-41(3,50)28-32-18-23-36(46)24-19-32/h7,9-10,12-13,18-19,21,23-25,34-35,37,39,42-47,50H,4-6,8,11,14-17,20,22,26-30H2,1-3H3,(H,48,49)/b25-21+,38-33+/t34-,35+,37+,39+,41+/m1/s1. The summed E-state index contributed by atoms with van der Waals surface area (Å²) in [4.78, 5) is 11.3. The number of benzene rings is 2. The number of aryl methyl sites for hydroxylation is 1. The summed E-state index contributed by atoms with van der Waals surface area (Å²) in [5.74, 6) is -0.659. The van der Waals surface area contributed by atoms with Crippen molar-refractivity contribution in [1.82, 2.24) is 10.6 Å². The van der Waals surface area contributed by atoms with E-state index in [0.717, 1.165) is 67.3 Å². The molecule has 0 radical (unpaired) electrons. The number of nitrogens with one attached hydrogen (secondary N) is 2. The second kappa shape index (κ2) is 24.2. The topological polar surface area (TPSA) is 163 Å². The van der Waals surface area contributed by atoms with Crippen LogP contribution >= 0.6 is 0 Å². The number of unbranched alkanes of at least 4 members (excludes halogenated alkanes) is 2. The molecule has 8 N–H and O–H groups in total. The van der Waals surface area contributed by atoms with Gasteiger partial charge in [-0.2, -0.15) is 0 Å². The lowest BCUT2D eigenvalue weighted by molar-refractivity contribution is -0.137. The van der Waals surface area contributed by atoms with Crippen LogP contribution in [0.4, 0.5) is 0 Å². The van der Waals surface area contributed by atoms with Crippen molar-refractivity contribution in [3.63, 3.8) is 0 Å². The number of carboxylic acids is 1. The normalized spacial score (nSPS) is 16.1. The molecule has 5 atom stereocenters. The number of aromatic hydroxyl groups is 1. The van der Waals surface area contributed by atoms with Gasteiger partial charge in [0.2, 0.25) is 0 Å². The molecule has 280 valence electrons. The summed E-state index contributed by atoms with van der Waals surface area (Å²) in [6.45, 7) is 6.48. The molecule has 0 fully saturated rings. The maximum Gasteiger partial charge on any atom is 0.303 e. The highest BCUT2D eigenvalue weighted by molar-refractivity contribution is 5.66. The highest BCUT2D eigenvalue weighted by Crippen LogP contribution is 2.27. The highest BCUT2D eigenvalue weighted by Gasteiger charge is 2.26. The third-order valence-electron chi connectivity index (χ3n) is 9.14. The smallest absolute Gasteiger partial charge is 0.303 e. The van der Waals surface area contributed by atoms with Gasteiger partial charge in [-0.3, -0.25) is 4.79 Å². The molecule has 2 rings (SSSR count). The first-order valence-electron chi connectivity index (χ1n) is 18.6. The SMILES string of the molecule is CCCCC[C@H](O)/C=C/C(CCc1ccccc1)=C(\C[C@H](O)CO)[C@H](CCC[C@H](CCC(=O)O)NCC)NC[C@@](C)(O)Cc1ccc(O)cc1. The monoisotopic (exact) mass is 696 g/mol. The fourth-order valence-electron chi connectivity index (χ4n) is 6.38. The summed E-state index contributed by atoms with van der Waals surface area (Å²) in [7, 11) is 0. The second-order valence-electron chi connectivity index (χ2n) is 13.9. The van der Waals surface area contributed by atoms with E-state index in [0.29, 0.717) is 32.1 Å². The van der Waals surface area contributed by atoms with Crippen molar-refractivity contribution in [1.29, 1.82) is 0 Å². The van der Waals surface area contributed by atoms with E-state index < -0.39 is 30.4 Å². The molecule has 2 aromatic rings. The molecule has 0 aromatic heterocycles. The predicted octanol–water partition coefficient (Wildman–Crippen LogP) is 5.83. The lowest BCUT2D eigenvalue weighted by atomic mass is 9.87. The van der Waals surface area contributed by atoms with Crippen LogP contribution < -0.4 is 10.6 Å². The lowest BCUT2D eigenvalue weighted by Gasteiger charge is -2.31. The van der Waals surface area contributed by atoms with Crippen LogP contribution in [0.3, 0.4) is 0 Å². The Morgan fingerprint density at radius 1 is 0.880 bits per heavy atom. The predicted molar refractivity (Wildman–Crippen MR) is 201 cm³/mol. The second-order valence-corrected chi connectivity index (χ2v) is 13.9. The molecule has 0 aliphatic carbocycles. The van der Waals surface area contributed by atoms with Gasteiger partial charge in [0.15, 0.2) is 0 Å². The van der Waals surface area contributed by atoms with E-state index in [-0.39, 0.29) is 37.2 Å². The number of phenolic OH excluding ortho intramolecular Hbond substituents is 1. The molecule has 0 saturated carbocycles. The number of hydrogen-bond acceptors (Lipinski definition) is 8. The molecule has 0 aliphatic heterocycles. The van der Waals surface area contributed by atoms with Crippen LogP contribution in [0.5, 0.6) is 5.75 Å². The molecule has 9 heteroatoms. The molecule has 0 unspecified atom stereocenters. The van der Waals surface area contributed by atoms with Crippen LogP contribution in [0.25, 0.3) is 0 Å². The maximum absolute atomic E-state index is 11.5. The summed E-state index contributed by atoms with van der Waals surface area (Å²) in [5.41, 5.74) is 2.80. The third kappa shape index (κ3) is 18.3. The van der Waals surface area contributed by atoms with Gasteiger partial charge in [-0.15, -0.1) is 0 Å². The van der Waals surface area contributed by atoms with Crippen molar-refractivity contribution in [3.05, 3.63) is 89.0 Å². The molecule has 2 aromatic carbocycles. The number of hydrogen-bond donors (Lipinski definition) is 8. The zero-order chi connectivity index (χ0) is 36.8. The van der Waals surface area contributed by atoms with Gasteiger partial charge in [-0.1, -0.05) is 94.1 Å². The van der Waals surface area contributed by atoms with Crippen molar-refractivity contribution in [2.45, 2.75) is 134 Å². The van der Waals surface area contributed by atoms with E-state index in [1.165, 1.54) is 0 Å². The van der Waals surface area contributed by atoms with E-state index >= 15 is 0 Å². The number of carboxylic acid groups (broad SMARTS) is 1. The third-order valence-corrected chi connectivity index (χ3v) is 9.14. The quantitative estimate of drug-likeness (QED) is 0.0425. The van der Waals surface area contributed by atoms with Gasteiger partial charge in [0.1, 0.15) is 5.75 Å². The van der Waals surface area contributed by atoms with E-state index in [4.69, 9.17) is 0 Å². The molecule has 9 nitrogen and oxygen atoms in total. The average molecular weight is 697 g/mol. The first-order valence-corrected chi connectivity index (χ1v) is 18.6. The van der Waals surface area contributed by atoms with Crippen LogP contribution in [0.15, 0.2) is 77.9 Å². The first kappa shape index (κ1) is 43.1. The Morgan fingerprint density at radius 3 is 2.24 bits per heavy atom. The Hall–Kier alpha value is -3.05. The van der Waals surface area contributed by atoms with E-state index in [9.17, 15) is 35.4 Å². The van der Waals surface area contributed by atoms with Crippen molar-refractivity contribution in [2.75, 3.05) is 19.7 Å². The Bertz CT molecular complexity index is 1260. The number of aliphatic carboxylic acids is 1. The molecule has 0 bridgehead atoms. The average Bonchev–Trinajstić information content (AvgIpc) is 3.09. The largest absolute Gasteiger partial charge is 0.508 e. The Labute approximate surface area is 300 Å². The zero-order valence-corrected chi connectivity index (χ0v) is 30.6. The summed E-state index contributed by atoms with van der Waals surface area (Å²) >= 11 is 0. The summed E-state index contributed by atoms with van der Waals surface area (Å²) in [6, 6.07) is 16.7. The number of aliphatic hydroxyl groups excluding tert-OH is 3. The van der Waals surface area contributed by atoms with Crippen molar-refractivity contribution < 1.29 is 35.4 Å². The minimum absolute atomic E-state index is 0.0422. The number of allylic oxidation sites excluding steroid dienone is 2. The van der Waals surface area contributed by atoms with E-state index in [1.54, 1.807) is 31.2 Å². The van der Waals surface area contributed by atoms with Gasteiger partial charge in [0.25, 0.3) is 0 Å². The molecule has 0 saturated heterocycles. The van der Waals surface area contributed by atoms with Crippen LogP contribution in [-0.2, 0) is 17.6 Å². The Balaban J connectivity index is 2.51. The summed E-state index contributed by atoms with van der Waals surface area (Å²) in [6.07, 6.45) is 10.7. The fourth-order valence-corrected chi connectivity index (χ4v) is 6.38. The zero-order valence-electron chi connectivity index (χ0n) is 30.6. The van der Waals surface area contributed by atoms with Gasteiger partial charge in [0.05, 0.1) is 24.4 Å². The maximum atomic E-state index is 11.5. The van der Waals surface area contributed by atoms with Gasteiger partial charge in [-0.25, -0.2) is 0 Å². The number of phenols is 1. The van der Waals surface area contributed by atoms with Crippen LogP contribution in [0.1, 0.15) is 103 Å². The molecule has 0 spiro atoms. The molecule has 0 amide bonds. The van der Waals surface area contributed by atoms with Gasteiger partial charge in [-0.05, 0) is 92.8 Å². The number of carbonyl (C=O) groups is 1. The number of rotatable bonds is 27. The van der Waals surface area contributed by atoms with Crippen molar-refractivity contribution in [3.8, 4) is 5.75 Å². The summed E-state index contributed by atoms with van der Waals surface area (Å²) < 4.78 is 0. The minimum atomic E-state index is -1.14. The van der Waals surface area contributed by atoms with Crippen LogP contribution in [0.2, 0.25) is 0 Å². The lowest BCUT2D eigenvalue weighted by Crippen LogP contribution is -2.45. The molecular weight excluding hydrogens is 632 g/mol. The van der Waals surface area contributed by atoms with Crippen LogP contribution in [-0.4, -0.2) is 86.2 Å². The van der Waals surface area contributed by atoms with Gasteiger partial charge < -0.3 is 41.3 Å². The highest BCUT2D eigenvalue weighted by atomic mass is 16.4. The molecule has 0 heterocycles. The first-order chi connectivity index (χ1) is 24.0. The molecular formula is C41H64N2O7. The van der Waals surface area contributed by atoms with Crippen LogP contribution in [0, 0.1) is 0 Å². The van der Waals surface area contributed by atoms with Gasteiger partial charge in [0, 0.05) is 31.5 Å².